The first-order chi connectivity index (χ1) is 8.56. The Kier molecular flexibility index (Phi) is 2.99. The maximum atomic E-state index is 9.94. The number of ether oxygens (including phenoxy) is 2. The number of benzene rings is 1. The van der Waals surface area contributed by atoms with Crippen molar-refractivity contribution >= 4 is 15.9 Å². The van der Waals surface area contributed by atoms with E-state index >= 15 is 0 Å². The molecule has 1 aliphatic carbocycles. The highest BCUT2D eigenvalue weighted by Crippen LogP contribution is 2.55. The Morgan fingerprint density at radius 3 is 2.22 bits per heavy atom. The van der Waals surface area contributed by atoms with E-state index in [2.05, 4.69) is 15.9 Å². The van der Waals surface area contributed by atoms with Gasteiger partial charge in [-0.15, -0.1) is 0 Å². The van der Waals surface area contributed by atoms with Gasteiger partial charge in [-0.25, -0.2) is 0 Å². The summed E-state index contributed by atoms with van der Waals surface area (Å²) in [6, 6.07) is 7.89. The summed E-state index contributed by atoms with van der Waals surface area (Å²) in [4.78, 5) is 0. The summed E-state index contributed by atoms with van der Waals surface area (Å²) in [6.45, 7) is 1.24. The lowest BCUT2D eigenvalue weighted by atomic mass is 9.59. The average molecular weight is 314 g/mol. The van der Waals surface area contributed by atoms with Crippen molar-refractivity contribution in [2.75, 3.05) is 13.2 Å². The molecule has 3 rings (SSSR count). The predicted molar refractivity (Wildman–Crippen MR) is 69.9 cm³/mol. The molecule has 1 saturated heterocycles. The van der Waals surface area contributed by atoms with E-state index in [-0.39, 0.29) is 0 Å². The number of aliphatic hydroxyl groups is 1. The number of nitrogens with two attached hydrogens (primary N) is 1. The van der Waals surface area contributed by atoms with E-state index in [9.17, 15) is 5.11 Å². The van der Waals surface area contributed by atoms with Gasteiger partial charge in [0.05, 0.1) is 13.2 Å². The highest BCUT2D eigenvalue weighted by atomic mass is 79.9. The van der Waals surface area contributed by atoms with Gasteiger partial charge in [0.1, 0.15) is 6.23 Å². The summed E-state index contributed by atoms with van der Waals surface area (Å²) < 4.78 is 12.3. The van der Waals surface area contributed by atoms with Gasteiger partial charge in [-0.05, 0) is 17.7 Å². The molecule has 5 heteroatoms. The third-order valence-electron chi connectivity index (χ3n) is 3.97. The minimum atomic E-state index is -0.905. The molecule has 1 heterocycles. The molecule has 3 N–H and O–H groups in total. The van der Waals surface area contributed by atoms with Crippen LogP contribution in [0.3, 0.4) is 0 Å². The summed E-state index contributed by atoms with van der Waals surface area (Å²) in [6.07, 6.45) is 0.315. The molecular formula is C13H16BrNO3. The van der Waals surface area contributed by atoms with Crippen LogP contribution < -0.4 is 5.73 Å². The van der Waals surface area contributed by atoms with Crippen molar-refractivity contribution in [3.8, 4) is 0 Å². The first-order valence-corrected chi connectivity index (χ1v) is 6.83. The van der Waals surface area contributed by atoms with Crippen LogP contribution >= 0.6 is 15.9 Å². The second kappa shape index (κ2) is 4.28. The van der Waals surface area contributed by atoms with Gasteiger partial charge in [0.15, 0.2) is 5.79 Å². The van der Waals surface area contributed by atoms with E-state index in [1.165, 1.54) is 0 Å². The minimum absolute atomic E-state index is 0.453. The van der Waals surface area contributed by atoms with Crippen LogP contribution in [0.25, 0.3) is 0 Å². The van der Waals surface area contributed by atoms with Gasteiger partial charge in [0.2, 0.25) is 0 Å². The Balaban J connectivity index is 1.88. The lowest BCUT2D eigenvalue weighted by Crippen LogP contribution is -2.63. The lowest BCUT2D eigenvalue weighted by molar-refractivity contribution is -0.256. The van der Waals surface area contributed by atoms with E-state index in [4.69, 9.17) is 15.2 Å². The molecule has 1 aromatic rings. The third-order valence-corrected chi connectivity index (χ3v) is 4.50. The molecule has 4 nitrogen and oxygen atoms in total. The van der Waals surface area contributed by atoms with Gasteiger partial charge in [0.25, 0.3) is 0 Å². The van der Waals surface area contributed by atoms with Crippen LogP contribution in [0.1, 0.15) is 18.4 Å². The van der Waals surface area contributed by atoms with Gasteiger partial charge in [-0.3, -0.25) is 0 Å². The molecule has 18 heavy (non-hydrogen) atoms. The molecular weight excluding hydrogens is 298 g/mol. The molecule has 2 fully saturated rings. The molecule has 1 spiro atoms. The summed E-state index contributed by atoms with van der Waals surface area (Å²) >= 11 is 3.41. The standard InChI is InChI=1S/C13H16BrNO3/c14-10-3-1-9(2-4-10)12(11(15)16)7-13(8-12)17-5-6-18-13/h1-4,11,16H,5-8,15H2. The van der Waals surface area contributed by atoms with E-state index in [1.54, 1.807) is 0 Å². The number of hydrogen-bond acceptors (Lipinski definition) is 4. The molecule has 2 aliphatic rings. The Labute approximate surface area is 114 Å². The second-order valence-corrected chi connectivity index (χ2v) is 5.98. The number of rotatable bonds is 2. The summed E-state index contributed by atoms with van der Waals surface area (Å²) in [5.74, 6) is -0.520. The molecule has 0 radical (unpaired) electrons. The minimum Gasteiger partial charge on any atom is -0.378 e. The third kappa shape index (κ3) is 1.82. The monoisotopic (exact) mass is 313 g/mol. The molecule has 0 amide bonds. The van der Waals surface area contributed by atoms with Crippen LogP contribution in [0.4, 0.5) is 0 Å². The van der Waals surface area contributed by atoms with Gasteiger partial charge < -0.3 is 20.3 Å². The largest absolute Gasteiger partial charge is 0.378 e. The fourth-order valence-electron chi connectivity index (χ4n) is 2.98. The van der Waals surface area contributed by atoms with Crippen LogP contribution in [-0.4, -0.2) is 30.3 Å². The molecule has 1 unspecified atom stereocenters. The fourth-order valence-corrected chi connectivity index (χ4v) is 3.24. The summed E-state index contributed by atoms with van der Waals surface area (Å²) in [5, 5.41) is 9.94. The molecule has 1 saturated carbocycles. The maximum Gasteiger partial charge on any atom is 0.170 e. The molecule has 1 aliphatic heterocycles. The number of halogens is 1. The Bertz CT molecular complexity index is 432. The van der Waals surface area contributed by atoms with Crippen molar-refractivity contribution in [2.45, 2.75) is 30.3 Å². The van der Waals surface area contributed by atoms with Crippen molar-refractivity contribution in [3.05, 3.63) is 34.3 Å². The normalized spacial score (nSPS) is 25.9. The zero-order chi connectivity index (χ0) is 12.8. The summed E-state index contributed by atoms with van der Waals surface area (Å²) in [5.41, 5.74) is 6.37. The lowest BCUT2D eigenvalue weighted by Gasteiger charge is -2.54. The quantitative estimate of drug-likeness (QED) is 0.812. The van der Waals surface area contributed by atoms with Crippen LogP contribution in [0.15, 0.2) is 28.7 Å². The van der Waals surface area contributed by atoms with Gasteiger partial charge in [-0.2, -0.15) is 0 Å². The first-order valence-electron chi connectivity index (χ1n) is 6.04. The number of aliphatic hydroxyl groups excluding tert-OH is 1. The topological polar surface area (TPSA) is 64.7 Å². The second-order valence-electron chi connectivity index (χ2n) is 5.07. The molecule has 1 atom stereocenters. The van der Waals surface area contributed by atoms with E-state index in [0.717, 1.165) is 10.0 Å². The SMILES string of the molecule is NC(O)C1(c2ccc(Br)cc2)CC2(C1)OCCO2. The average Bonchev–Trinajstić information content (AvgIpc) is 2.76. The van der Waals surface area contributed by atoms with E-state index in [1.807, 2.05) is 24.3 Å². The zero-order valence-corrected chi connectivity index (χ0v) is 11.5. The van der Waals surface area contributed by atoms with Crippen LogP contribution in [0.2, 0.25) is 0 Å². The van der Waals surface area contributed by atoms with Crippen LogP contribution in [-0.2, 0) is 14.9 Å². The van der Waals surface area contributed by atoms with Crippen molar-refractivity contribution in [2.24, 2.45) is 5.73 Å². The van der Waals surface area contributed by atoms with E-state index in [0.29, 0.717) is 26.1 Å². The van der Waals surface area contributed by atoms with Crippen molar-refractivity contribution < 1.29 is 14.6 Å². The van der Waals surface area contributed by atoms with Crippen LogP contribution in [0, 0.1) is 0 Å². The smallest absolute Gasteiger partial charge is 0.170 e. The van der Waals surface area contributed by atoms with Crippen molar-refractivity contribution in [3.63, 3.8) is 0 Å². The molecule has 0 bridgehead atoms. The highest BCUT2D eigenvalue weighted by Gasteiger charge is 2.61. The van der Waals surface area contributed by atoms with Crippen molar-refractivity contribution in [1.82, 2.24) is 0 Å². The molecule has 1 aromatic carbocycles. The maximum absolute atomic E-state index is 9.94. The molecule has 0 aromatic heterocycles. The highest BCUT2D eigenvalue weighted by molar-refractivity contribution is 9.10. The van der Waals surface area contributed by atoms with Crippen LogP contribution in [0.5, 0.6) is 0 Å². The molecule has 98 valence electrons. The van der Waals surface area contributed by atoms with Gasteiger partial charge >= 0.3 is 0 Å². The van der Waals surface area contributed by atoms with Gasteiger partial charge in [0, 0.05) is 22.7 Å². The first kappa shape index (κ1) is 12.6. The number of hydrogen-bond donors (Lipinski definition) is 2. The zero-order valence-electron chi connectivity index (χ0n) is 9.93. The summed E-state index contributed by atoms with van der Waals surface area (Å²) in [7, 11) is 0. The Hall–Kier alpha value is -0.460. The fraction of sp³-hybridized carbons (Fsp3) is 0.538. The van der Waals surface area contributed by atoms with Gasteiger partial charge in [-0.1, -0.05) is 28.1 Å². The Morgan fingerprint density at radius 1 is 1.17 bits per heavy atom. The van der Waals surface area contributed by atoms with E-state index < -0.39 is 17.4 Å². The van der Waals surface area contributed by atoms with Crippen molar-refractivity contribution in [1.29, 1.82) is 0 Å². The Morgan fingerprint density at radius 2 is 1.72 bits per heavy atom. The predicted octanol–water partition coefficient (Wildman–Crippen LogP) is 1.50.